The number of carbonyl (C=O) groups is 1. The first kappa shape index (κ1) is 22.1. The Balaban J connectivity index is 1.25. The summed E-state index contributed by atoms with van der Waals surface area (Å²) in [6.07, 6.45) is 11.4. The van der Waals surface area contributed by atoms with E-state index in [1.165, 1.54) is 0 Å². The minimum Gasteiger partial charge on any atom is -0.353 e. The van der Waals surface area contributed by atoms with Crippen LogP contribution in [0.3, 0.4) is 0 Å². The van der Waals surface area contributed by atoms with Gasteiger partial charge in [-0.3, -0.25) is 4.68 Å². The smallest absolute Gasteiger partial charge is 0.320 e. The van der Waals surface area contributed by atoms with Crippen LogP contribution < -0.4 is 4.90 Å². The third-order valence-electron chi connectivity index (χ3n) is 7.10. The van der Waals surface area contributed by atoms with Crippen LogP contribution in [0.5, 0.6) is 0 Å². The number of urea groups is 1. The summed E-state index contributed by atoms with van der Waals surface area (Å²) < 4.78 is 3.51. The van der Waals surface area contributed by atoms with Gasteiger partial charge >= 0.3 is 6.03 Å². The lowest BCUT2D eigenvalue weighted by Gasteiger charge is -2.37. The molecule has 4 aromatic heterocycles. The molecule has 10 heteroatoms. The number of amides is 2. The molecule has 10 nitrogen and oxygen atoms in total. The van der Waals surface area contributed by atoms with Crippen LogP contribution in [-0.4, -0.2) is 79.5 Å². The van der Waals surface area contributed by atoms with E-state index in [0.29, 0.717) is 24.7 Å². The Morgan fingerprint density at radius 1 is 1.03 bits per heavy atom. The maximum Gasteiger partial charge on any atom is 0.320 e. The molecule has 1 saturated carbocycles. The van der Waals surface area contributed by atoms with Crippen molar-refractivity contribution in [2.24, 2.45) is 7.05 Å². The highest BCUT2D eigenvalue weighted by molar-refractivity contribution is 5.87. The summed E-state index contributed by atoms with van der Waals surface area (Å²) in [5.74, 6) is 0.884. The Labute approximate surface area is 209 Å². The summed E-state index contributed by atoms with van der Waals surface area (Å²) in [5, 5.41) is 18.4. The minimum absolute atomic E-state index is 0.132. The fraction of sp³-hybridized carbons (Fsp3) is 0.346. The SMILES string of the molecule is CN(C(=O)N1CCN(c2ccc(-c3cc(-c4cnn(C)c4)cn4ncc(C#N)c34)cn2)CC1)C1CC1. The Kier molecular flexibility index (Phi) is 5.33. The van der Waals surface area contributed by atoms with Crippen molar-refractivity contribution in [3.63, 3.8) is 0 Å². The minimum atomic E-state index is 0.132. The van der Waals surface area contributed by atoms with Crippen molar-refractivity contribution in [2.45, 2.75) is 18.9 Å². The van der Waals surface area contributed by atoms with Crippen LogP contribution in [0.1, 0.15) is 18.4 Å². The average molecular weight is 482 g/mol. The normalized spacial score (nSPS) is 15.8. The number of anilines is 1. The second-order valence-corrected chi connectivity index (χ2v) is 9.51. The van der Waals surface area contributed by atoms with Gasteiger partial charge in [0.2, 0.25) is 0 Å². The van der Waals surface area contributed by atoms with E-state index in [2.05, 4.69) is 27.2 Å². The molecule has 0 unspecified atom stereocenters. The summed E-state index contributed by atoms with van der Waals surface area (Å²) in [6.45, 7) is 2.87. The fourth-order valence-corrected chi connectivity index (χ4v) is 4.85. The third kappa shape index (κ3) is 3.92. The molecule has 2 aliphatic rings. The van der Waals surface area contributed by atoms with Crippen LogP contribution >= 0.6 is 0 Å². The lowest BCUT2D eigenvalue weighted by Crippen LogP contribution is -2.52. The lowest BCUT2D eigenvalue weighted by atomic mass is 10.0. The third-order valence-corrected chi connectivity index (χ3v) is 7.10. The zero-order valence-electron chi connectivity index (χ0n) is 20.4. The molecule has 0 radical (unpaired) electrons. The molecule has 1 saturated heterocycles. The van der Waals surface area contributed by atoms with Crippen molar-refractivity contribution >= 4 is 17.4 Å². The van der Waals surface area contributed by atoms with Gasteiger partial charge in [0.25, 0.3) is 0 Å². The monoisotopic (exact) mass is 481 g/mol. The number of aromatic nitrogens is 5. The molecule has 0 aromatic carbocycles. The average Bonchev–Trinajstić information content (AvgIpc) is 3.54. The van der Waals surface area contributed by atoms with Crippen molar-refractivity contribution in [3.8, 4) is 28.3 Å². The number of rotatable bonds is 4. The molecule has 182 valence electrons. The number of aryl methyl sites for hydroxylation is 1. The second kappa shape index (κ2) is 8.68. The van der Waals surface area contributed by atoms with Gasteiger partial charge in [0.1, 0.15) is 11.9 Å². The predicted molar refractivity (Wildman–Crippen MR) is 135 cm³/mol. The molecule has 2 amide bonds. The zero-order chi connectivity index (χ0) is 24.8. The topological polar surface area (TPSA) is 98.6 Å². The number of carbonyl (C=O) groups excluding carboxylic acids is 1. The Morgan fingerprint density at radius 2 is 1.83 bits per heavy atom. The van der Waals surface area contributed by atoms with Crippen molar-refractivity contribution in [1.82, 2.24) is 34.2 Å². The van der Waals surface area contributed by atoms with Gasteiger partial charge in [-0.05, 0) is 31.0 Å². The molecule has 0 atom stereocenters. The summed E-state index contributed by atoms with van der Waals surface area (Å²) >= 11 is 0. The van der Waals surface area contributed by atoms with E-state index in [1.807, 2.05) is 60.8 Å². The lowest BCUT2D eigenvalue weighted by molar-refractivity contribution is 0.157. The number of nitrogens with zero attached hydrogens (tertiary/aromatic N) is 9. The van der Waals surface area contributed by atoms with Crippen LogP contribution in [0, 0.1) is 11.3 Å². The first-order valence-corrected chi connectivity index (χ1v) is 12.2. The number of nitriles is 1. The maximum absolute atomic E-state index is 12.7. The molecule has 0 bridgehead atoms. The number of pyridine rings is 2. The highest BCUT2D eigenvalue weighted by Crippen LogP contribution is 2.32. The molecule has 6 rings (SSSR count). The van der Waals surface area contributed by atoms with E-state index in [0.717, 1.165) is 59.5 Å². The van der Waals surface area contributed by atoms with Crippen LogP contribution in [-0.2, 0) is 7.05 Å². The van der Waals surface area contributed by atoms with E-state index in [-0.39, 0.29) is 6.03 Å². The highest BCUT2D eigenvalue weighted by Gasteiger charge is 2.33. The van der Waals surface area contributed by atoms with Crippen molar-refractivity contribution < 1.29 is 4.79 Å². The van der Waals surface area contributed by atoms with E-state index in [4.69, 9.17) is 4.98 Å². The van der Waals surface area contributed by atoms with E-state index in [9.17, 15) is 10.1 Å². The summed E-state index contributed by atoms with van der Waals surface area (Å²) in [4.78, 5) is 23.5. The molecular weight excluding hydrogens is 454 g/mol. The van der Waals surface area contributed by atoms with Gasteiger partial charge in [-0.15, -0.1) is 0 Å². The predicted octanol–water partition coefficient (Wildman–Crippen LogP) is 3.00. The summed E-state index contributed by atoms with van der Waals surface area (Å²) in [5.41, 5.74) is 5.00. The molecule has 4 aromatic rings. The fourth-order valence-electron chi connectivity index (χ4n) is 4.85. The molecule has 2 fully saturated rings. The number of fused-ring (bicyclic) bond motifs is 1. The van der Waals surface area contributed by atoms with E-state index < -0.39 is 0 Å². The van der Waals surface area contributed by atoms with Gasteiger partial charge in [0.05, 0.1) is 23.5 Å². The van der Waals surface area contributed by atoms with Crippen LogP contribution in [0.25, 0.3) is 27.8 Å². The summed E-state index contributed by atoms with van der Waals surface area (Å²) in [7, 11) is 3.79. The Morgan fingerprint density at radius 3 is 2.47 bits per heavy atom. The highest BCUT2D eigenvalue weighted by atomic mass is 16.2. The maximum atomic E-state index is 12.7. The van der Waals surface area contributed by atoms with E-state index >= 15 is 0 Å². The van der Waals surface area contributed by atoms with Gasteiger partial charge in [0, 0.05) is 87.2 Å². The number of piperazine rings is 1. The van der Waals surface area contributed by atoms with E-state index in [1.54, 1.807) is 15.4 Å². The Bertz CT molecular complexity index is 1470. The van der Waals surface area contributed by atoms with Gasteiger partial charge in [0.15, 0.2) is 0 Å². The molecule has 1 aliphatic heterocycles. The Hall–Kier alpha value is -4.39. The summed E-state index contributed by atoms with van der Waals surface area (Å²) in [6, 6.07) is 8.92. The quantitative estimate of drug-likeness (QED) is 0.444. The standard InChI is InChI=1S/C26H27N9O/c1-31-16-21(15-29-31)19-11-23(25-20(12-27)14-30-35(25)17-19)18-3-6-24(28-13-18)33-7-9-34(10-8-33)26(36)32(2)22-4-5-22/h3,6,11,13-17,22H,4-5,7-10H2,1-2H3. The van der Waals surface area contributed by atoms with Gasteiger partial charge < -0.3 is 14.7 Å². The van der Waals surface area contributed by atoms with Crippen molar-refractivity contribution in [2.75, 3.05) is 38.1 Å². The molecule has 1 aliphatic carbocycles. The molecular formula is C26H27N9O. The molecule has 0 spiro atoms. The number of hydrogen-bond acceptors (Lipinski definition) is 6. The number of hydrogen-bond donors (Lipinski definition) is 0. The largest absolute Gasteiger partial charge is 0.353 e. The van der Waals surface area contributed by atoms with Gasteiger partial charge in [-0.1, -0.05) is 0 Å². The molecule has 5 heterocycles. The first-order chi connectivity index (χ1) is 17.5. The van der Waals surface area contributed by atoms with Crippen LogP contribution in [0.15, 0.2) is 49.2 Å². The zero-order valence-corrected chi connectivity index (χ0v) is 20.4. The van der Waals surface area contributed by atoms with Gasteiger partial charge in [-0.25, -0.2) is 14.3 Å². The van der Waals surface area contributed by atoms with Crippen LogP contribution in [0.2, 0.25) is 0 Å². The van der Waals surface area contributed by atoms with Crippen molar-refractivity contribution in [3.05, 3.63) is 54.7 Å². The van der Waals surface area contributed by atoms with Crippen LogP contribution in [0.4, 0.5) is 10.6 Å². The second-order valence-electron chi connectivity index (χ2n) is 9.51. The first-order valence-electron chi connectivity index (χ1n) is 12.2. The van der Waals surface area contributed by atoms with Crippen molar-refractivity contribution in [1.29, 1.82) is 5.26 Å². The van der Waals surface area contributed by atoms with Gasteiger partial charge in [-0.2, -0.15) is 15.5 Å². The molecule has 0 N–H and O–H groups in total. The molecule has 36 heavy (non-hydrogen) atoms.